The zero-order valence-corrected chi connectivity index (χ0v) is 15.3. The topological polar surface area (TPSA) is 78.5 Å². The Kier molecular flexibility index (Phi) is 5.84. The number of anilines is 1. The molecule has 0 saturated heterocycles. The Balaban J connectivity index is 2.03. The molecule has 132 valence electrons. The predicted octanol–water partition coefficient (Wildman–Crippen LogP) is 3.16. The number of hydrogen-bond acceptors (Lipinski definition) is 5. The van der Waals surface area contributed by atoms with E-state index in [9.17, 15) is 10.1 Å². The quantitative estimate of drug-likeness (QED) is 0.873. The minimum absolute atomic E-state index is 0.167. The average molecular weight is 341 g/mol. The Morgan fingerprint density at radius 1 is 1.36 bits per heavy atom. The molecule has 6 nitrogen and oxygen atoms in total. The first-order valence-corrected chi connectivity index (χ1v) is 7.97. The van der Waals surface area contributed by atoms with Gasteiger partial charge in [0.25, 0.3) is 0 Å². The van der Waals surface area contributed by atoms with Crippen molar-refractivity contribution in [2.45, 2.75) is 27.3 Å². The van der Waals surface area contributed by atoms with Crippen molar-refractivity contribution >= 4 is 11.8 Å². The second-order valence-corrected chi connectivity index (χ2v) is 6.13. The number of amides is 1. The van der Waals surface area contributed by atoms with Gasteiger partial charge in [0, 0.05) is 17.7 Å². The average Bonchev–Trinajstić information content (AvgIpc) is 2.80. The highest BCUT2D eigenvalue weighted by Crippen LogP contribution is 2.25. The van der Waals surface area contributed by atoms with Crippen molar-refractivity contribution in [2.75, 3.05) is 26.0 Å². The molecule has 6 heteroatoms. The molecule has 0 aliphatic rings. The van der Waals surface area contributed by atoms with Crippen LogP contribution in [0.5, 0.6) is 5.75 Å². The summed E-state index contributed by atoms with van der Waals surface area (Å²) in [6.45, 7) is 6.31. The minimum atomic E-state index is -0.237. The van der Waals surface area contributed by atoms with E-state index in [-0.39, 0.29) is 18.3 Å². The molecule has 1 aromatic carbocycles. The number of benzene rings is 1. The fourth-order valence-electron chi connectivity index (χ4n) is 2.64. The molecule has 0 fully saturated rings. The fourth-order valence-corrected chi connectivity index (χ4v) is 2.64. The monoisotopic (exact) mass is 341 g/mol. The first-order valence-electron chi connectivity index (χ1n) is 7.97. The predicted molar refractivity (Wildman–Crippen MR) is 95.6 cm³/mol. The number of aryl methyl sites for hydroxylation is 2. The highest BCUT2D eigenvalue weighted by atomic mass is 16.5. The molecule has 0 saturated carbocycles. The summed E-state index contributed by atoms with van der Waals surface area (Å²) in [5, 5.41) is 11.9. The van der Waals surface area contributed by atoms with Gasteiger partial charge in [0.1, 0.15) is 23.1 Å². The molecule has 0 spiro atoms. The van der Waals surface area contributed by atoms with Crippen LogP contribution in [0.4, 0.5) is 5.88 Å². The molecule has 0 radical (unpaired) electrons. The molecule has 0 unspecified atom stereocenters. The summed E-state index contributed by atoms with van der Waals surface area (Å²) in [5.74, 6) is 1.40. The van der Waals surface area contributed by atoms with Gasteiger partial charge in [-0.25, -0.2) is 0 Å². The Hall–Kier alpha value is -2.78. The molecule has 0 atom stereocenters. The first-order chi connectivity index (χ1) is 11.8. The van der Waals surface area contributed by atoms with E-state index in [1.54, 1.807) is 21.0 Å². The molecule has 2 aromatic rings. The van der Waals surface area contributed by atoms with Gasteiger partial charge in [-0.15, -0.1) is 0 Å². The molecule has 1 aromatic heterocycles. The van der Waals surface area contributed by atoms with Gasteiger partial charge >= 0.3 is 0 Å². The Bertz CT molecular complexity index is 818. The molecule has 0 aliphatic heterocycles. The lowest BCUT2D eigenvalue weighted by molar-refractivity contribution is -0.117. The van der Waals surface area contributed by atoms with Crippen LogP contribution in [0.15, 0.2) is 22.6 Å². The van der Waals surface area contributed by atoms with Crippen LogP contribution >= 0.6 is 0 Å². The van der Waals surface area contributed by atoms with Crippen LogP contribution < -0.4 is 10.1 Å². The number of likely N-dealkylation sites (N-methyl/N-ethyl adjacent to an activating group) is 1. The summed E-state index contributed by atoms with van der Waals surface area (Å²) in [5.41, 5.74) is 3.26. The van der Waals surface area contributed by atoms with Crippen molar-refractivity contribution in [1.29, 1.82) is 5.26 Å². The van der Waals surface area contributed by atoms with E-state index in [0.29, 0.717) is 17.9 Å². The summed E-state index contributed by atoms with van der Waals surface area (Å²) < 4.78 is 10.8. The summed E-state index contributed by atoms with van der Waals surface area (Å²) in [7, 11) is 3.48. The van der Waals surface area contributed by atoms with Gasteiger partial charge in [-0.3, -0.25) is 15.0 Å². The molecule has 25 heavy (non-hydrogen) atoms. The van der Waals surface area contributed by atoms with Gasteiger partial charge in [-0.1, -0.05) is 17.7 Å². The maximum atomic E-state index is 12.3. The van der Waals surface area contributed by atoms with Gasteiger partial charge < -0.3 is 9.15 Å². The second-order valence-electron chi connectivity index (χ2n) is 6.13. The molecule has 0 bridgehead atoms. The molecule has 1 heterocycles. The van der Waals surface area contributed by atoms with Crippen molar-refractivity contribution in [1.82, 2.24) is 4.90 Å². The fraction of sp³-hybridized carbons (Fsp3) is 0.368. The van der Waals surface area contributed by atoms with Crippen molar-refractivity contribution in [2.24, 2.45) is 0 Å². The summed E-state index contributed by atoms with van der Waals surface area (Å²) in [4.78, 5) is 14.1. The summed E-state index contributed by atoms with van der Waals surface area (Å²) in [6.07, 6.45) is 0. The highest BCUT2D eigenvalue weighted by molar-refractivity contribution is 5.92. The lowest BCUT2D eigenvalue weighted by Gasteiger charge is -2.18. The standard InChI is InChI=1S/C19H23N3O3/c1-12-6-7-17(24-5)15(8-12)10-22(4)11-18(23)21-19-16(9-20)13(2)14(3)25-19/h6-8H,10-11H2,1-5H3,(H,21,23). The van der Waals surface area contributed by atoms with Crippen molar-refractivity contribution < 1.29 is 13.9 Å². The second kappa shape index (κ2) is 7.86. The number of hydrogen-bond donors (Lipinski definition) is 1. The molecule has 1 N–H and O–H groups in total. The third-order valence-electron chi connectivity index (χ3n) is 4.04. The SMILES string of the molecule is COc1ccc(C)cc1CN(C)CC(=O)Nc1oc(C)c(C)c1C#N. The number of carbonyl (C=O) groups is 1. The zero-order chi connectivity index (χ0) is 18.6. The zero-order valence-electron chi connectivity index (χ0n) is 15.3. The van der Waals surface area contributed by atoms with E-state index in [1.807, 2.05) is 37.1 Å². The number of rotatable bonds is 6. The van der Waals surface area contributed by atoms with Crippen LogP contribution in [0, 0.1) is 32.1 Å². The normalized spacial score (nSPS) is 10.6. The van der Waals surface area contributed by atoms with Gasteiger partial charge in [-0.05, 0) is 33.9 Å². The third-order valence-corrected chi connectivity index (χ3v) is 4.04. The minimum Gasteiger partial charge on any atom is -0.496 e. The van der Waals surface area contributed by atoms with Crippen molar-refractivity contribution in [3.05, 3.63) is 46.2 Å². The Labute approximate surface area is 148 Å². The third kappa shape index (κ3) is 4.40. The number of nitrogens with zero attached hydrogens (tertiary/aromatic N) is 2. The molecular weight excluding hydrogens is 318 g/mol. The smallest absolute Gasteiger partial charge is 0.240 e. The van der Waals surface area contributed by atoms with Crippen LogP contribution in [0.25, 0.3) is 0 Å². The van der Waals surface area contributed by atoms with Gasteiger partial charge in [0.2, 0.25) is 11.8 Å². The number of nitriles is 1. The number of nitrogens with one attached hydrogen (secondary N) is 1. The number of methoxy groups -OCH3 is 1. The van der Waals surface area contributed by atoms with E-state index in [0.717, 1.165) is 22.4 Å². The summed E-state index contributed by atoms with van der Waals surface area (Å²) >= 11 is 0. The van der Waals surface area contributed by atoms with E-state index in [2.05, 4.69) is 11.4 Å². The van der Waals surface area contributed by atoms with Crippen LogP contribution in [0.2, 0.25) is 0 Å². The lowest BCUT2D eigenvalue weighted by Crippen LogP contribution is -2.30. The highest BCUT2D eigenvalue weighted by Gasteiger charge is 2.17. The van der Waals surface area contributed by atoms with E-state index >= 15 is 0 Å². The van der Waals surface area contributed by atoms with Gasteiger partial charge in [0.15, 0.2) is 0 Å². The Morgan fingerprint density at radius 2 is 2.08 bits per heavy atom. The molecule has 0 aliphatic carbocycles. The molecular formula is C19H23N3O3. The lowest BCUT2D eigenvalue weighted by atomic mass is 10.1. The van der Waals surface area contributed by atoms with Crippen molar-refractivity contribution in [3.63, 3.8) is 0 Å². The number of carbonyl (C=O) groups excluding carboxylic acids is 1. The van der Waals surface area contributed by atoms with E-state index in [1.165, 1.54) is 0 Å². The number of ether oxygens (including phenoxy) is 1. The van der Waals surface area contributed by atoms with Crippen LogP contribution in [0.1, 0.15) is 28.0 Å². The van der Waals surface area contributed by atoms with Gasteiger partial charge in [-0.2, -0.15) is 5.26 Å². The first kappa shape index (κ1) is 18.6. The maximum Gasteiger partial charge on any atom is 0.240 e. The number of furan rings is 1. The van der Waals surface area contributed by atoms with Gasteiger partial charge in [0.05, 0.1) is 13.7 Å². The molecule has 1 amide bonds. The van der Waals surface area contributed by atoms with Crippen LogP contribution in [-0.4, -0.2) is 31.5 Å². The van der Waals surface area contributed by atoms with Crippen molar-refractivity contribution in [3.8, 4) is 11.8 Å². The van der Waals surface area contributed by atoms with Crippen LogP contribution in [0.3, 0.4) is 0 Å². The van der Waals surface area contributed by atoms with E-state index < -0.39 is 0 Å². The van der Waals surface area contributed by atoms with E-state index in [4.69, 9.17) is 9.15 Å². The maximum absolute atomic E-state index is 12.3. The largest absolute Gasteiger partial charge is 0.496 e. The molecule has 2 rings (SSSR count). The van der Waals surface area contributed by atoms with Crippen LogP contribution in [-0.2, 0) is 11.3 Å². The summed E-state index contributed by atoms with van der Waals surface area (Å²) in [6, 6.07) is 8.02. The Morgan fingerprint density at radius 3 is 2.72 bits per heavy atom.